The van der Waals surface area contributed by atoms with Gasteiger partial charge in [-0.25, -0.2) is 0 Å². The lowest BCUT2D eigenvalue weighted by Crippen LogP contribution is -2.30. The summed E-state index contributed by atoms with van der Waals surface area (Å²) in [6.07, 6.45) is 1.65. The SMILES string of the molecule is CC(=O)Nc1ccc(NC(=O)CSc2ccc(NC(=O)/C(=C/c3ccccc3C)NC(=O)c3ccccc3)cc2)cc1. The normalized spacial score (nSPS) is 10.9. The predicted octanol–water partition coefficient (Wildman–Crippen LogP) is 6.09. The lowest BCUT2D eigenvalue weighted by molar-refractivity contribution is -0.114. The van der Waals surface area contributed by atoms with Crippen LogP contribution < -0.4 is 21.3 Å². The first kappa shape index (κ1) is 29.8. The van der Waals surface area contributed by atoms with Crippen LogP contribution in [0.2, 0.25) is 0 Å². The minimum Gasteiger partial charge on any atom is -0.326 e. The second-order valence-corrected chi connectivity index (χ2v) is 10.4. The highest BCUT2D eigenvalue weighted by atomic mass is 32.2. The molecule has 4 aromatic carbocycles. The molecular formula is C33H30N4O4S. The number of hydrogen-bond acceptors (Lipinski definition) is 5. The number of rotatable bonds is 10. The Morgan fingerprint density at radius 2 is 1.26 bits per heavy atom. The Hall–Kier alpha value is -5.15. The van der Waals surface area contributed by atoms with Crippen LogP contribution in [0.4, 0.5) is 17.1 Å². The molecule has 8 nitrogen and oxygen atoms in total. The number of carbonyl (C=O) groups excluding carboxylic acids is 4. The van der Waals surface area contributed by atoms with E-state index in [4.69, 9.17) is 0 Å². The van der Waals surface area contributed by atoms with E-state index < -0.39 is 5.91 Å². The standard InChI is InChI=1S/C33H30N4O4S/c1-22-8-6-7-11-25(22)20-30(37-32(40)24-9-4-3-5-10-24)33(41)36-28-16-18-29(19-17-28)42-21-31(39)35-27-14-12-26(13-15-27)34-23(2)38/h3-20H,21H2,1-2H3,(H,34,38)(H,35,39)(H,36,41)(H,37,40)/b30-20-. The van der Waals surface area contributed by atoms with E-state index in [0.717, 1.165) is 16.0 Å². The molecule has 0 heterocycles. The lowest BCUT2D eigenvalue weighted by Gasteiger charge is -2.12. The molecule has 0 aliphatic rings. The molecule has 0 fully saturated rings. The van der Waals surface area contributed by atoms with Crippen molar-refractivity contribution in [1.82, 2.24) is 5.32 Å². The highest BCUT2D eigenvalue weighted by Gasteiger charge is 2.16. The summed E-state index contributed by atoms with van der Waals surface area (Å²) >= 11 is 1.35. The van der Waals surface area contributed by atoms with Gasteiger partial charge in [-0.2, -0.15) is 0 Å². The summed E-state index contributed by atoms with van der Waals surface area (Å²) in [5.74, 6) is -1.01. The van der Waals surface area contributed by atoms with Gasteiger partial charge in [0.05, 0.1) is 5.75 Å². The second-order valence-electron chi connectivity index (χ2n) is 9.31. The van der Waals surface area contributed by atoms with Crippen molar-refractivity contribution in [3.63, 3.8) is 0 Å². The smallest absolute Gasteiger partial charge is 0.272 e. The zero-order valence-corrected chi connectivity index (χ0v) is 24.0. The van der Waals surface area contributed by atoms with Crippen LogP contribution in [0.5, 0.6) is 0 Å². The maximum absolute atomic E-state index is 13.3. The zero-order valence-electron chi connectivity index (χ0n) is 23.1. The van der Waals surface area contributed by atoms with Crippen molar-refractivity contribution >= 4 is 58.5 Å². The van der Waals surface area contributed by atoms with Crippen LogP contribution in [0.15, 0.2) is 114 Å². The number of aryl methyl sites for hydroxylation is 1. The number of thioether (sulfide) groups is 1. The van der Waals surface area contributed by atoms with Gasteiger partial charge in [-0.1, -0.05) is 42.5 Å². The fourth-order valence-corrected chi connectivity index (χ4v) is 4.56. The highest BCUT2D eigenvalue weighted by Crippen LogP contribution is 2.22. The average Bonchev–Trinajstić information content (AvgIpc) is 2.98. The molecule has 0 bridgehead atoms. The number of hydrogen-bond donors (Lipinski definition) is 4. The Morgan fingerprint density at radius 3 is 1.90 bits per heavy atom. The number of benzene rings is 4. The summed E-state index contributed by atoms with van der Waals surface area (Å²) in [5, 5.41) is 11.1. The summed E-state index contributed by atoms with van der Waals surface area (Å²) in [6.45, 7) is 3.36. The Bertz CT molecular complexity index is 1600. The van der Waals surface area contributed by atoms with Gasteiger partial charge in [0.1, 0.15) is 5.70 Å². The first-order valence-electron chi connectivity index (χ1n) is 13.1. The molecule has 212 valence electrons. The van der Waals surface area contributed by atoms with Gasteiger partial charge in [-0.15, -0.1) is 11.8 Å². The van der Waals surface area contributed by atoms with Crippen LogP contribution in [0.3, 0.4) is 0 Å². The van der Waals surface area contributed by atoms with Crippen molar-refractivity contribution in [2.75, 3.05) is 21.7 Å². The van der Waals surface area contributed by atoms with E-state index in [1.807, 2.05) is 49.4 Å². The lowest BCUT2D eigenvalue weighted by atomic mass is 10.1. The third kappa shape index (κ3) is 8.94. The molecule has 9 heteroatoms. The van der Waals surface area contributed by atoms with Crippen LogP contribution in [-0.2, 0) is 14.4 Å². The van der Waals surface area contributed by atoms with E-state index in [-0.39, 0.29) is 29.2 Å². The Morgan fingerprint density at radius 1 is 0.690 bits per heavy atom. The Balaban J connectivity index is 1.37. The molecule has 0 saturated carbocycles. The second kappa shape index (κ2) is 14.5. The molecule has 4 amide bonds. The molecule has 0 aliphatic heterocycles. The summed E-state index contributed by atoms with van der Waals surface area (Å²) in [4.78, 5) is 50.5. The summed E-state index contributed by atoms with van der Waals surface area (Å²) < 4.78 is 0. The fraction of sp³-hybridized carbons (Fsp3) is 0.0909. The minimum absolute atomic E-state index is 0.110. The van der Waals surface area contributed by atoms with E-state index >= 15 is 0 Å². The van der Waals surface area contributed by atoms with Crippen LogP contribution in [0.1, 0.15) is 28.4 Å². The van der Waals surface area contributed by atoms with Gasteiger partial charge >= 0.3 is 0 Å². The molecule has 0 radical (unpaired) electrons. The molecule has 0 atom stereocenters. The molecule has 4 N–H and O–H groups in total. The van der Waals surface area contributed by atoms with Crippen molar-refractivity contribution in [1.29, 1.82) is 0 Å². The highest BCUT2D eigenvalue weighted by molar-refractivity contribution is 8.00. The molecular weight excluding hydrogens is 548 g/mol. The van der Waals surface area contributed by atoms with Gasteiger partial charge in [-0.05, 0) is 84.8 Å². The number of nitrogens with one attached hydrogen (secondary N) is 4. The van der Waals surface area contributed by atoms with Gasteiger partial charge < -0.3 is 21.3 Å². The molecule has 42 heavy (non-hydrogen) atoms. The predicted molar refractivity (Wildman–Crippen MR) is 168 cm³/mol. The van der Waals surface area contributed by atoms with Crippen molar-refractivity contribution in [3.05, 3.63) is 126 Å². The zero-order chi connectivity index (χ0) is 29.9. The first-order valence-corrected chi connectivity index (χ1v) is 14.1. The maximum atomic E-state index is 13.3. The monoisotopic (exact) mass is 578 g/mol. The van der Waals surface area contributed by atoms with Gasteiger partial charge in [-0.3, -0.25) is 19.2 Å². The third-order valence-corrected chi connectivity index (χ3v) is 7.00. The number of anilines is 3. The van der Waals surface area contributed by atoms with Crippen LogP contribution in [0, 0.1) is 6.92 Å². The van der Waals surface area contributed by atoms with Crippen molar-refractivity contribution in [3.8, 4) is 0 Å². The fourth-order valence-electron chi connectivity index (χ4n) is 3.87. The third-order valence-electron chi connectivity index (χ3n) is 5.99. The van der Waals surface area contributed by atoms with Gasteiger partial charge in [0.25, 0.3) is 11.8 Å². The van der Waals surface area contributed by atoms with Crippen LogP contribution in [-0.4, -0.2) is 29.4 Å². The summed E-state index contributed by atoms with van der Waals surface area (Å²) in [6, 6.07) is 30.2. The van der Waals surface area contributed by atoms with E-state index in [1.54, 1.807) is 66.7 Å². The van der Waals surface area contributed by atoms with E-state index in [0.29, 0.717) is 22.6 Å². The molecule has 4 aromatic rings. The largest absolute Gasteiger partial charge is 0.326 e. The van der Waals surface area contributed by atoms with Gasteiger partial charge in [0, 0.05) is 34.4 Å². The van der Waals surface area contributed by atoms with E-state index in [1.165, 1.54) is 18.7 Å². The quantitative estimate of drug-likeness (QED) is 0.134. The average molecular weight is 579 g/mol. The summed E-state index contributed by atoms with van der Waals surface area (Å²) in [5.41, 5.74) is 4.14. The van der Waals surface area contributed by atoms with Crippen molar-refractivity contribution in [2.24, 2.45) is 0 Å². The minimum atomic E-state index is -0.466. The van der Waals surface area contributed by atoms with Crippen molar-refractivity contribution in [2.45, 2.75) is 18.7 Å². The first-order chi connectivity index (χ1) is 20.3. The topological polar surface area (TPSA) is 116 Å². The van der Waals surface area contributed by atoms with E-state index in [9.17, 15) is 19.2 Å². The number of carbonyl (C=O) groups is 4. The Kier molecular flexibility index (Phi) is 10.3. The molecule has 0 spiro atoms. The molecule has 0 aliphatic carbocycles. The molecule has 0 unspecified atom stereocenters. The van der Waals surface area contributed by atoms with Crippen molar-refractivity contribution < 1.29 is 19.2 Å². The molecule has 0 aromatic heterocycles. The van der Waals surface area contributed by atoms with Gasteiger partial charge in [0.2, 0.25) is 11.8 Å². The maximum Gasteiger partial charge on any atom is 0.272 e. The van der Waals surface area contributed by atoms with Crippen LogP contribution in [0.25, 0.3) is 6.08 Å². The van der Waals surface area contributed by atoms with Gasteiger partial charge in [0.15, 0.2) is 0 Å². The molecule has 4 rings (SSSR count). The molecule has 0 saturated heterocycles. The Labute approximate surface area is 248 Å². The van der Waals surface area contributed by atoms with Crippen LogP contribution >= 0.6 is 11.8 Å². The summed E-state index contributed by atoms with van der Waals surface area (Å²) in [7, 11) is 0. The number of amides is 4. The van der Waals surface area contributed by atoms with E-state index in [2.05, 4.69) is 21.3 Å².